The zero-order valence-electron chi connectivity index (χ0n) is 20.5. The van der Waals surface area contributed by atoms with Crippen molar-refractivity contribution in [1.29, 1.82) is 0 Å². The Morgan fingerprint density at radius 3 is 2.06 bits per heavy atom. The molecule has 0 aliphatic rings. The van der Waals surface area contributed by atoms with Crippen molar-refractivity contribution in [3.8, 4) is 0 Å². The quantitative estimate of drug-likeness (QED) is 0.282. The molecular formula is C29H33F3N2O2. The number of halogens is 3. The number of hydrogen-bond donors (Lipinski definition) is 1. The second kappa shape index (κ2) is 14.4. The van der Waals surface area contributed by atoms with Gasteiger partial charge in [-0.3, -0.25) is 9.69 Å². The summed E-state index contributed by atoms with van der Waals surface area (Å²) in [5.41, 5.74) is 3.45. The smallest absolute Gasteiger partial charge is 0.345 e. The molecule has 1 unspecified atom stereocenters. The van der Waals surface area contributed by atoms with Crippen LogP contribution in [0.3, 0.4) is 0 Å². The molecule has 0 radical (unpaired) electrons. The molecule has 0 heterocycles. The lowest BCUT2D eigenvalue weighted by atomic mass is 10.1. The monoisotopic (exact) mass is 498 g/mol. The van der Waals surface area contributed by atoms with Crippen molar-refractivity contribution in [3.63, 3.8) is 0 Å². The van der Waals surface area contributed by atoms with Gasteiger partial charge in [-0.25, -0.2) is 4.39 Å². The maximum Gasteiger partial charge on any atom is 0.345 e. The average Bonchev–Trinajstić information content (AvgIpc) is 2.87. The number of ether oxygens (including phenoxy) is 1. The molecule has 1 N–H and O–H groups in total. The van der Waals surface area contributed by atoms with Gasteiger partial charge in [-0.2, -0.15) is 8.78 Å². The summed E-state index contributed by atoms with van der Waals surface area (Å²) >= 11 is 0. The molecule has 192 valence electrons. The minimum absolute atomic E-state index is 0.223. The van der Waals surface area contributed by atoms with Gasteiger partial charge in [0, 0.05) is 19.6 Å². The lowest BCUT2D eigenvalue weighted by Gasteiger charge is -2.31. The van der Waals surface area contributed by atoms with Gasteiger partial charge in [0.05, 0.1) is 6.61 Å². The van der Waals surface area contributed by atoms with Crippen LogP contribution in [0.25, 0.3) is 0 Å². The van der Waals surface area contributed by atoms with Crippen molar-refractivity contribution in [2.75, 3.05) is 13.2 Å². The maximum atomic E-state index is 13.7. The summed E-state index contributed by atoms with van der Waals surface area (Å²) in [6, 6.07) is 23.5. The molecule has 3 aromatic carbocycles. The zero-order valence-corrected chi connectivity index (χ0v) is 20.5. The molecule has 0 aliphatic carbocycles. The molecule has 36 heavy (non-hydrogen) atoms. The van der Waals surface area contributed by atoms with E-state index in [0.29, 0.717) is 38.0 Å². The third-order valence-electron chi connectivity index (χ3n) is 6.01. The van der Waals surface area contributed by atoms with Crippen molar-refractivity contribution in [2.24, 2.45) is 0 Å². The summed E-state index contributed by atoms with van der Waals surface area (Å²) in [6.45, 7) is -0.472. The molecule has 0 aliphatic heterocycles. The third-order valence-corrected chi connectivity index (χ3v) is 6.01. The highest BCUT2D eigenvalue weighted by atomic mass is 19.3. The highest BCUT2D eigenvalue weighted by molar-refractivity contribution is 5.81. The molecule has 4 nitrogen and oxygen atoms in total. The van der Waals surface area contributed by atoms with E-state index in [9.17, 15) is 18.0 Å². The number of alkyl halides is 2. The number of aryl methyl sites for hydroxylation is 2. The SMILES string of the molecule is Cc1ccc(CCCCNC(=O)C(COC(F)F)N(Cc2ccccc2)Cc2ccccc2)cc1F. The van der Waals surface area contributed by atoms with Gasteiger partial charge in [0.2, 0.25) is 5.91 Å². The Hall–Kier alpha value is -3.16. The minimum atomic E-state index is -2.97. The van der Waals surface area contributed by atoms with Crippen LogP contribution in [0.5, 0.6) is 0 Å². The van der Waals surface area contributed by atoms with E-state index < -0.39 is 19.3 Å². The van der Waals surface area contributed by atoms with Gasteiger partial charge in [-0.05, 0) is 54.5 Å². The Morgan fingerprint density at radius 1 is 0.889 bits per heavy atom. The van der Waals surface area contributed by atoms with Crippen molar-refractivity contribution >= 4 is 5.91 Å². The number of unbranched alkanes of at least 4 members (excludes halogenated alkanes) is 1. The number of carbonyl (C=O) groups excluding carboxylic acids is 1. The first-order valence-electron chi connectivity index (χ1n) is 12.2. The fraction of sp³-hybridized carbons (Fsp3) is 0.345. The molecule has 1 amide bonds. The van der Waals surface area contributed by atoms with Crippen LogP contribution in [-0.4, -0.2) is 36.6 Å². The summed E-state index contributed by atoms with van der Waals surface area (Å²) in [5.74, 6) is -0.580. The van der Waals surface area contributed by atoms with Crippen LogP contribution in [0.2, 0.25) is 0 Å². The second-order valence-electron chi connectivity index (χ2n) is 8.82. The number of hydrogen-bond acceptors (Lipinski definition) is 3. The lowest BCUT2D eigenvalue weighted by Crippen LogP contribution is -2.49. The van der Waals surface area contributed by atoms with E-state index in [1.165, 1.54) is 6.07 Å². The van der Waals surface area contributed by atoms with Crippen LogP contribution >= 0.6 is 0 Å². The van der Waals surface area contributed by atoms with E-state index in [-0.39, 0.29) is 11.7 Å². The Bertz CT molecular complexity index is 1020. The van der Waals surface area contributed by atoms with E-state index >= 15 is 0 Å². The first kappa shape index (κ1) is 27.4. The minimum Gasteiger partial charge on any atom is -0.355 e. The molecule has 3 aromatic rings. The summed E-state index contributed by atoms with van der Waals surface area (Å²) in [6.07, 6.45) is 2.14. The number of rotatable bonds is 14. The number of carbonyl (C=O) groups is 1. The summed E-state index contributed by atoms with van der Waals surface area (Å²) in [7, 11) is 0. The fourth-order valence-electron chi connectivity index (χ4n) is 4.00. The van der Waals surface area contributed by atoms with E-state index in [1.807, 2.05) is 71.6 Å². The van der Waals surface area contributed by atoms with E-state index in [0.717, 1.165) is 23.1 Å². The van der Waals surface area contributed by atoms with Gasteiger partial charge in [0.1, 0.15) is 11.9 Å². The normalized spacial score (nSPS) is 12.2. The molecule has 0 spiro atoms. The van der Waals surface area contributed by atoms with Gasteiger partial charge < -0.3 is 10.1 Å². The van der Waals surface area contributed by atoms with Crippen LogP contribution in [0.4, 0.5) is 13.2 Å². The second-order valence-corrected chi connectivity index (χ2v) is 8.82. The van der Waals surface area contributed by atoms with Crippen LogP contribution < -0.4 is 5.32 Å². The molecule has 7 heteroatoms. The van der Waals surface area contributed by atoms with Crippen molar-refractivity contribution in [1.82, 2.24) is 10.2 Å². The Labute approximate surface area is 211 Å². The van der Waals surface area contributed by atoms with E-state index in [1.54, 1.807) is 13.0 Å². The van der Waals surface area contributed by atoms with Crippen LogP contribution in [0.1, 0.15) is 35.1 Å². The number of nitrogens with one attached hydrogen (secondary N) is 1. The first-order valence-corrected chi connectivity index (χ1v) is 12.2. The van der Waals surface area contributed by atoms with Gasteiger partial charge in [-0.15, -0.1) is 0 Å². The number of amides is 1. The molecular weight excluding hydrogens is 465 g/mol. The molecule has 0 bridgehead atoms. The van der Waals surface area contributed by atoms with Crippen LogP contribution in [0.15, 0.2) is 78.9 Å². The van der Waals surface area contributed by atoms with E-state index in [2.05, 4.69) is 10.1 Å². The standard InChI is InChI=1S/C29H33F3N2O2/c1-22-15-16-23(18-26(22)30)10-8-9-17-33-28(35)27(21-36-29(31)32)34(19-24-11-4-2-5-12-24)20-25-13-6-3-7-14-25/h2-7,11-16,18,27,29H,8-10,17,19-21H2,1H3,(H,33,35). The zero-order chi connectivity index (χ0) is 25.8. The highest BCUT2D eigenvalue weighted by Crippen LogP contribution is 2.16. The largest absolute Gasteiger partial charge is 0.355 e. The predicted octanol–water partition coefficient (Wildman–Crippen LogP) is 5.88. The van der Waals surface area contributed by atoms with Crippen molar-refractivity contribution < 1.29 is 22.7 Å². The molecule has 0 saturated carbocycles. The van der Waals surface area contributed by atoms with Crippen LogP contribution in [0, 0.1) is 12.7 Å². The predicted molar refractivity (Wildman–Crippen MR) is 135 cm³/mol. The van der Waals surface area contributed by atoms with Gasteiger partial charge in [0.15, 0.2) is 0 Å². The Morgan fingerprint density at radius 2 is 1.50 bits per heavy atom. The third kappa shape index (κ3) is 9.13. The molecule has 0 aromatic heterocycles. The van der Waals surface area contributed by atoms with Crippen LogP contribution in [-0.2, 0) is 29.0 Å². The maximum absolute atomic E-state index is 13.7. The number of benzene rings is 3. The summed E-state index contributed by atoms with van der Waals surface area (Å²) in [4.78, 5) is 15.0. The molecule has 0 saturated heterocycles. The Kier molecular flexibility index (Phi) is 11.0. The topological polar surface area (TPSA) is 41.6 Å². The lowest BCUT2D eigenvalue weighted by molar-refractivity contribution is -0.152. The average molecular weight is 499 g/mol. The Balaban J connectivity index is 1.63. The van der Waals surface area contributed by atoms with Gasteiger partial charge in [-0.1, -0.05) is 72.8 Å². The summed E-state index contributed by atoms with van der Waals surface area (Å²) in [5, 5.41) is 2.89. The highest BCUT2D eigenvalue weighted by Gasteiger charge is 2.27. The van der Waals surface area contributed by atoms with Crippen molar-refractivity contribution in [2.45, 2.75) is 51.9 Å². The van der Waals surface area contributed by atoms with Gasteiger partial charge >= 0.3 is 6.61 Å². The van der Waals surface area contributed by atoms with E-state index in [4.69, 9.17) is 0 Å². The molecule has 3 rings (SSSR count). The molecule has 0 fully saturated rings. The first-order chi connectivity index (χ1) is 17.4. The number of nitrogens with zero attached hydrogens (tertiary/aromatic N) is 1. The fourth-order valence-corrected chi connectivity index (χ4v) is 4.00. The molecule has 1 atom stereocenters. The van der Waals surface area contributed by atoms with Gasteiger partial charge in [0.25, 0.3) is 0 Å². The summed E-state index contributed by atoms with van der Waals surface area (Å²) < 4.78 is 44.2. The van der Waals surface area contributed by atoms with Crippen molar-refractivity contribution in [3.05, 3.63) is 107 Å².